The summed E-state index contributed by atoms with van der Waals surface area (Å²) < 4.78 is 97.8. The maximum absolute atomic E-state index is 14.7. The fraction of sp³-hybridized carbons (Fsp3) is 0.641. The smallest absolute Gasteiger partial charge is 0.248 e. The number of carbonyl (C=O) groups excluding carboxylic acids is 10. The first-order valence-corrected chi connectivity index (χ1v) is 37.9. The van der Waals surface area contributed by atoms with Crippen LogP contribution in [0.1, 0.15) is 132 Å². The molecule has 2 fully saturated rings. The van der Waals surface area contributed by atoms with Crippen LogP contribution in [0.15, 0.2) is 54.6 Å². The van der Waals surface area contributed by atoms with Crippen LogP contribution in [0, 0.1) is 64.1 Å². The number of nitrogens with one attached hydrogen (secondary N) is 7. The number of amides is 9. The summed E-state index contributed by atoms with van der Waals surface area (Å²) in [4.78, 5) is 145. The predicted octanol–water partition coefficient (Wildman–Crippen LogP) is 4.85. The number of benzene rings is 3. The number of aldehydes is 1. The zero-order chi connectivity index (χ0) is 82.7. The molecule has 14 atom stereocenters. The largest absolute Gasteiger partial charge is 0.486 e. The Bertz CT molecular complexity index is 3530. The number of hydrogen-bond donors (Lipinski definition) is 9. The number of hydrogen-bond acceptors (Lipinski definition) is 19. The van der Waals surface area contributed by atoms with Crippen molar-refractivity contribution < 1.29 is 98.7 Å². The number of halogens is 5. The zero-order valence-electron chi connectivity index (χ0n) is 66.6. The molecule has 0 aliphatic carbocycles. The normalized spacial score (nSPS) is 18.9. The van der Waals surface area contributed by atoms with E-state index >= 15 is 0 Å². The molecule has 3 aromatic carbocycles. The maximum atomic E-state index is 14.7. The number of aliphatic hydroxyl groups excluding tert-OH is 1. The molecule has 3 aromatic rings. The molecular formula is C78H117F5N12O16. The van der Waals surface area contributed by atoms with Gasteiger partial charge in [-0.1, -0.05) is 111 Å². The van der Waals surface area contributed by atoms with Crippen molar-refractivity contribution in [1.82, 2.24) is 51.5 Å². The van der Waals surface area contributed by atoms with Crippen molar-refractivity contribution >= 4 is 65.1 Å². The van der Waals surface area contributed by atoms with Crippen LogP contribution in [-0.2, 0) is 79.9 Å². The summed E-state index contributed by atoms with van der Waals surface area (Å²) in [6.07, 6.45) is -0.447. The number of anilines is 1. The van der Waals surface area contributed by atoms with Gasteiger partial charge in [0.15, 0.2) is 12.1 Å². The zero-order valence-corrected chi connectivity index (χ0v) is 66.6. The van der Waals surface area contributed by atoms with Crippen LogP contribution in [0.25, 0.3) is 0 Å². The Balaban J connectivity index is 1.16. The highest BCUT2D eigenvalue weighted by molar-refractivity contribution is 5.98. The molecule has 2 aliphatic heterocycles. The molecule has 10 N–H and O–H groups in total. The topological polar surface area (TPSA) is 360 Å². The van der Waals surface area contributed by atoms with Crippen molar-refractivity contribution in [2.45, 2.75) is 200 Å². The number of nitrogens with two attached hydrogens (primary N) is 1. The summed E-state index contributed by atoms with van der Waals surface area (Å²) in [7, 11) is 8.33. The number of rotatable bonds is 45. The predicted molar refractivity (Wildman–Crippen MR) is 403 cm³/mol. The second kappa shape index (κ2) is 44.8. The standard InChI is InChI=1S/C78H117F5N12O16/c1-16-47(8)68(93(13)76(105)66(45(4)5)91-75(104)67(46(6)7)92(11)12)56(107-14)37-58(98)95-32-21-25-55(95)69(108-15)49(10)71(100)89-54(36-50-22-18-17-19-23-50)72(101)86-39-51-26-28-52(29-27-51)87-73(102)53(24-20-31-85-77(84)106)88-74(103)65(44(2)3)90-57(97)40-109-34-35-110-41-59(99)94-33-30-78(42-96,38-48(94)9)43-111-70-63(82)61(80)60(79)62(81)64(70)83/h17-19,22-23,26-29,42,44-49,53-56,65-69,77,85,106H,16,20-21,24-25,30-41,43,84H2,1-15H3,(H,86,101)(H,87,102)(H,88,103)(H,89,100)(H,90,97)(H,91,104)/t47-,48?,49+,53-,54-,55-,56+,65-,66-,67-,68-,69+,77?,78?/m0/s1. The number of likely N-dealkylation sites (tertiary alicyclic amines) is 2. The molecule has 0 saturated carbocycles. The molecule has 5 rings (SSSR count). The number of aliphatic hydroxyl groups is 1. The van der Waals surface area contributed by atoms with Gasteiger partial charge in [0, 0.05) is 59.1 Å². The summed E-state index contributed by atoms with van der Waals surface area (Å²) in [6, 6.07) is 9.21. The molecule has 3 unspecified atom stereocenters. The van der Waals surface area contributed by atoms with Gasteiger partial charge in [-0.3, -0.25) is 59.1 Å². The molecular weight excluding hydrogens is 1460 g/mol. The van der Waals surface area contributed by atoms with E-state index in [0.717, 1.165) is 5.56 Å². The Kier molecular flexibility index (Phi) is 37.7. The number of methoxy groups -OCH3 is 2. The lowest BCUT2D eigenvalue weighted by Crippen LogP contribution is -2.59. The van der Waals surface area contributed by atoms with E-state index in [1.54, 1.807) is 68.8 Å². The van der Waals surface area contributed by atoms with Crippen molar-refractivity contribution in [2.75, 3.05) is 93.3 Å². The van der Waals surface area contributed by atoms with E-state index in [4.69, 9.17) is 29.4 Å². The van der Waals surface area contributed by atoms with Crippen molar-refractivity contribution in [3.05, 3.63) is 94.8 Å². The summed E-state index contributed by atoms with van der Waals surface area (Å²) in [5.41, 5.74) is 5.74. The number of nitrogens with zero attached hydrogens (tertiary/aromatic N) is 4. The molecule has 33 heteroatoms. The van der Waals surface area contributed by atoms with Crippen molar-refractivity contribution in [3.8, 4) is 5.75 Å². The van der Waals surface area contributed by atoms with E-state index < -0.39 is 174 Å². The fourth-order valence-electron chi connectivity index (χ4n) is 14.3. The van der Waals surface area contributed by atoms with Gasteiger partial charge in [-0.25, -0.2) is 13.2 Å². The van der Waals surface area contributed by atoms with Crippen molar-refractivity contribution in [3.63, 3.8) is 0 Å². The SMILES string of the molecule is CC[C@H](C)[C@@H]([C@@H](CC(=O)N1CCC[C@H]1[C@H](OC)[C@@H](C)C(=O)N[C@@H](Cc1ccccc1)C(=O)NCc1ccc(NC(=O)[C@H](CCCNC(N)O)NC(=O)[C@@H](NC(=O)COCCOCC(=O)N2CCC(C=O)(COc3c(F)c(F)c(F)c(F)c3F)CC2C)C(C)C)cc1)OC)N(C)C(=O)[C@@H](NC(=O)[C@H](C(C)C)N(C)C)C(C)C. The average molecular weight is 1570 g/mol. The Morgan fingerprint density at radius 3 is 1.86 bits per heavy atom. The third-order valence-corrected chi connectivity index (χ3v) is 20.6. The Labute approximate surface area is 647 Å². The van der Waals surface area contributed by atoms with Gasteiger partial charge in [-0.2, -0.15) is 8.78 Å². The van der Waals surface area contributed by atoms with Crippen LogP contribution in [-0.4, -0.2) is 239 Å². The van der Waals surface area contributed by atoms with Crippen LogP contribution in [0.5, 0.6) is 5.75 Å². The van der Waals surface area contributed by atoms with Gasteiger partial charge < -0.3 is 80.2 Å². The highest BCUT2D eigenvalue weighted by Gasteiger charge is 2.46. The summed E-state index contributed by atoms with van der Waals surface area (Å²) in [5, 5.41) is 29.4. The van der Waals surface area contributed by atoms with Crippen molar-refractivity contribution in [2.24, 2.45) is 40.7 Å². The van der Waals surface area contributed by atoms with Crippen molar-refractivity contribution in [1.29, 1.82) is 0 Å². The first-order chi connectivity index (χ1) is 52.5. The van der Waals surface area contributed by atoms with Gasteiger partial charge in [-0.15, -0.1) is 0 Å². The van der Waals surface area contributed by atoms with Crippen LogP contribution in [0.2, 0.25) is 0 Å². The minimum atomic E-state index is -2.36. The highest BCUT2D eigenvalue weighted by Crippen LogP contribution is 2.37. The lowest BCUT2D eigenvalue weighted by Gasteiger charge is -2.42. The molecule has 2 saturated heterocycles. The van der Waals surface area contributed by atoms with Gasteiger partial charge in [0.2, 0.25) is 82.3 Å². The van der Waals surface area contributed by atoms with Gasteiger partial charge in [-0.05, 0) is 113 Å². The first-order valence-electron chi connectivity index (χ1n) is 37.9. The molecule has 0 bridgehead atoms. The second-order valence-corrected chi connectivity index (χ2v) is 30.2. The van der Waals surface area contributed by atoms with E-state index in [1.807, 2.05) is 90.9 Å². The number of likely N-dealkylation sites (N-methyl/N-ethyl adjacent to an activating group) is 2. The van der Waals surface area contributed by atoms with E-state index in [-0.39, 0.29) is 107 Å². The van der Waals surface area contributed by atoms with Crippen LogP contribution < -0.4 is 47.7 Å². The third kappa shape index (κ3) is 26.7. The third-order valence-electron chi connectivity index (χ3n) is 20.6. The molecule has 0 radical (unpaired) electrons. The fourth-order valence-corrected chi connectivity index (χ4v) is 14.3. The number of piperidine rings is 1. The Morgan fingerprint density at radius 2 is 1.31 bits per heavy atom. The van der Waals surface area contributed by atoms with Gasteiger partial charge in [0.25, 0.3) is 0 Å². The molecule has 2 heterocycles. The Morgan fingerprint density at radius 1 is 0.694 bits per heavy atom. The van der Waals surface area contributed by atoms with E-state index in [1.165, 1.54) is 19.1 Å². The molecule has 9 amide bonds. The average Bonchev–Trinajstić information content (AvgIpc) is 1.25. The maximum Gasteiger partial charge on any atom is 0.248 e. The molecule has 28 nitrogen and oxygen atoms in total. The lowest BCUT2D eigenvalue weighted by atomic mass is 9.77. The summed E-state index contributed by atoms with van der Waals surface area (Å²) in [6.45, 7) is 16.7. The first kappa shape index (κ1) is 93.3. The number of carbonyl (C=O) groups is 10. The highest BCUT2D eigenvalue weighted by atomic mass is 19.2. The molecule has 620 valence electrons. The Hall–Kier alpha value is -8.31. The van der Waals surface area contributed by atoms with Gasteiger partial charge >= 0.3 is 0 Å². The summed E-state index contributed by atoms with van der Waals surface area (Å²) >= 11 is 0. The minimum absolute atomic E-state index is 0.00357. The quantitative estimate of drug-likeness (QED) is 0.00912. The molecule has 0 aromatic heterocycles. The van der Waals surface area contributed by atoms with Gasteiger partial charge in [0.05, 0.1) is 61.3 Å². The summed E-state index contributed by atoms with van der Waals surface area (Å²) in [5.74, 6) is -18.8. The molecule has 2 aliphatic rings. The van der Waals surface area contributed by atoms with Crippen LogP contribution in [0.4, 0.5) is 27.6 Å². The minimum Gasteiger partial charge on any atom is -0.486 e. The second-order valence-electron chi connectivity index (χ2n) is 30.2. The van der Waals surface area contributed by atoms with Gasteiger partial charge in [0.1, 0.15) is 50.3 Å². The lowest BCUT2D eigenvalue weighted by molar-refractivity contribution is -0.148. The molecule has 0 spiro atoms. The van der Waals surface area contributed by atoms with E-state index in [9.17, 15) is 75.0 Å². The molecule has 111 heavy (non-hydrogen) atoms. The monoisotopic (exact) mass is 1570 g/mol. The number of ether oxygens (including phenoxy) is 5. The van der Waals surface area contributed by atoms with E-state index in [0.29, 0.717) is 43.3 Å². The van der Waals surface area contributed by atoms with Crippen LogP contribution >= 0.6 is 0 Å². The van der Waals surface area contributed by atoms with E-state index in [2.05, 4.69) is 37.2 Å². The van der Waals surface area contributed by atoms with Crippen LogP contribution in [0.3, 0.4) is 0 Å².